The van der Waals surface area contributed by atoms with Gasteiger partial charge in [0.2, 0.25) is 0 Å². The lowest BCUT2D eigenvalue weighted by Crippen LogP contribution is -2.33. The van der Waals surface area contributed by atoms with E-state index in [9.17, 15) is 4.39 Å². The highest BCUT2D eigenvalue weighted by molar-refractivity contribution is 6.33. The monoisotopic (exact) mass is 402 g/mol. The van der Waals surface area contributed by atoms with Crippen LogP contribution in [-0.4, -0.2) is 40.8 Å². The first-order valence-corrected chi connectivity index (χ1v) is 10.4. The van der Waals surface area contributed by atoms with E-state index in [-0.39, 0.29) is 5.82 Å². The minimum absolute atomic E-state index is 0.330. The van der Waals surface area contributed by atoms with Crippen molar-refractivity contribution in [1.82, 2.24) is 20.4 Å². The van der Waals surface area contributed by atoms with Gasteiger partial charge in [-0.15, -0.1) is 0 Å². The summed E-state index contributed by atoms with van der Waals surface area (Å²) >= 11 is 6.14. The van der Waals surface area contributed by atoms with Gasteiger partial charge in [0.1, 0.15) is 5.82 Å². The molecular weight excluding hydrogens is 375 g/mol. The van der Waals surface area contributed by atoms with E-state index in [1.807, 2.05) is 12.1 Å². The second kappa shape index (κ2) is 7.69. The van der Waals surface area contributed by atoms with Gasteiger partial charge in [0.15, 0.2) is 0 Å². The van der Waals surface area contributed by atoms with E-state index >= 15 is 0 Å². The Kier molecular flexibility index (Phi) is 5.43. The lowest BCUT2D eigenvalue weighted by atomic mass is 9.92. The number of fused-ring (bicyclic) bond motifs is 1. The van der Waals surface area contributed by atoms with E-state index in [0.717, 1.165) is 17.5 Å². The van der Waals surface area contributed by atoms with E-state index < -0.39 is 0 Å². The molecule has 28 heavy (non-hydrogen) atoms. The highest BCUT2D eigenvalue weighted by atomic mass is 35.5. The van der Waals surface area contributed by atoms with Crippen LogP contribution in [0.4, 0.5) is 4.39 Å². The third kappa shape index (κ3) is 4.53. The zero-order valence-electron chi connectivity index (χ0n) is 16.8. The quantitative estimate of drug-likeness (QED) is 0.777. The predicted molar refractivity (Wildman–Crippen MR) is 111 cm³/mol. The van der Waals surface area contributed by atoms with Crippen LogP contribution < -0.4 is 5.32 Å². The Bertz CT molecular complexity index is 821. The first-order valence-electron chi connectivity index (χ1n) is 10.0. The molecule has 1 aliphatic carbocycles. The minimum Gasteiger partial charge on any atom is -0.308 e. The van der Waals surface area contributed by atoms with Gasteiger partial charge in [-0.25, -0.2) is 4.39 Å². The molecule has 2 atom stereocenters. The number of halogens is 2. The molecule has 1 N–H and O–H groups in total. The third-order valence-corrected chi connectivity index (χ3v) is 6.22. The van der Waals surface area contributed by atoms with Gasteiger partial charge in [0, 0.05) is 31.2 Å². The van der Waals surface area contributed by atoms with Gasteiger partial charge in [-0.05, 0) is 60.5 Å². The summed E-state index contributed by atoms with van der Waals surface area (Å²) in [4.78, 5) is 2.61. The molecule has 2 unspecified atom stereocenters. The Morgan fingerprint density at radius 3 is 2.54 bits per heavy atom. The van der Waals surface area contributed by atoms with E-state index in [0.29, 0.717) is 34.3 Å². The van der Waals surface area contributed by atoms with Crippen molar-refractivity contribution >= 4 is 11.6 Å². The molecular formula is C22H28ClFN4. The van der Waals surface area contributed by atoms with Gasteiger partial charge in [0.05, 0.1) is 16.4 Å². The fraction of sp³-hybridized carbons (Fsp3) is 0.545. The van der Waals surface area contributed by atoms with Crippen molar-refractivity contribution in [2.24, 2.45) is 17.3 Å². The van der Waals surface area contributed by atoms with Crippen molar-refractivity contribution in [1.29, 1.82) is 0 Å². The fourth-order valence-electron chi connectivity index (χ4n) is 4.11. The van der Waals surface area contributed by atoms with Crippen LogP contribution in [0.1, 0.15) is 32.9 Å². The zero-order chi connectivity index (χ0) is 19.9. The van der Waals surface area contributed by atoms with Gasteiger partial charge in [-0.1, -0.05) is 32.4 Å². The Labute approximate surface area is 171 Å². The van der Waals surface area contributed by atoms with Gasteiger partial charge in [-0.2, -0.15) is 10.2 Å². The number of nitrogens with zero attached hydrogens (tertiary/aromatic N) is 3. The molecule has 2 aliphatic rings. The number of aromatic nitrogens is 2. The average molecular weight is 403 g/mol. The number of hydrogen-bond donors (Lipinski definition) is 1. The van der Waals surface area contributed by atoms with Crippen LogP contribution in [0.15, 0.2) is 30.3 Å². The maximum atomic E-state index is 13.5. The molecule has 1 saturated heterocycles. The van der Waals surface area contributed by atoms with Crippen molar-refractivity contribution < 1.29 is 4.39 Å². The summed E-state index contributed by atoms with van der Waals surface area (Å²) < 4.78 is 13.5. The van der Waals surface area contributed by atoms with Crippen LogP contribution in [-0.2, 0) is 6.54 Å². The molecule has 2 fully saturated rings. The number of benzene rings is 1. The highest BCUT2D eigenvalue weighted by Crippen LogP contribution is 2.45. The maximum absolute atomic E-state index is 13.5. The second-order valence-electron chi connectivity index (χ2n) is 9.34. The van der Waals surface area contributed by atoms with Crippen molar-refractivity contribution in [3.63, 3.8) is 0 Å². The molecule has 1 aromatic carbocycles. The number of likely N-dealkylation sites (tertiary alicyclic amines) is 1. The largest absolute Gasteiger partial charge is 0.308 e. The summed E-state index contributed by atoms with van der Waals surface area (Å²) in [5.41, 5.74) is 2.46. The normalized spacial score (nSPS) is 24.4. The van der Waals surface area contributed by atoms with Gasteiger partial charge in [0.25, 0.3) is 0 Å². The average Bonchev–Trinajstić information content (AvgIpc) is 3.10. The summed E-state index contributed by atoms with van der Waals surface area (Å²) in [6, 6.07) is 8.66. The minimum atomic E-state index is -0.330. The van der Waals surface area contributed by atoms with Crippen LogP contribution in [0.25, 0.3) is 11.3 Å². The van der Waals surface area contributed by atoms with Gasteiger partial charge in [-0.3, -0.25) is 0 Å². The van der Waals surface area contributed by atoms with E-state index in [4.69, 9.17) is 11.6 Å². The molecule has 150 valence electrons. The molecule has 2 aromatic rings. The van der Waals surface area contributed by atoms with Crippen molar-refractivity contribution in [3.8, 4) is 11.3 Å². The molecule has 4 rings (SSSR count). The number of nitrogens with one attached hydrogen (secondary N) is 1. The Balaban J connectivity index is 1.26. The van der Waals surface area contributed by atoms with Crippen molar-refractivity contribution in [2.75, 3.05) is 19.6 Å². The van der Waals surface area contributed by atoms with Gasteiger partial charge < -0.3 is 10.2 Å². The SMILES string of the molecule is CC(C)(C)CCN1CC2C(C1)C2NCc1ccc(-c2cc(F)ccc2Cl)nn1. The molecule has 0 bridgehead atoms. The first kappa shape index (κ1) is 19.7. The lowest BCUT2D eigenvalue weighted by Gasteiger charge is -2.25. The number of hydrogen-bond acceptors (Lipinski definition) is 4. The van der Waals surface area contributed by atoms with Gasteiger partial charge >= 0.3 is 0 Å². The summed E-state index contributed by atoms with van der Waals surface area (Å²) in [5.74, 6) is 1.22. The summed E-state index contributed by atoms with van der Waals surface area (Å²) in [7, 11) is 0. The summed E-state index contributed by atoms with van der Waals surface area (Å²) in [5, 5.41) is 12.6. The molecule has 0 spiro atoms. The van der Waals surface area contributed by atoms with E-state index in [1.54, 1.807) is 6.07 Å². The molecule has 1 aliphatic heterocycles. The lowest BCUT2D eigenvalue weighted by molar-refractivity contribution is 0.239. The smallest absolute Gasteiger partial charge is 0.123 e. The first-order chi connectivity index (χ1) is 13.3. The van der Waals surface area contributed by atoms with Crippen LogP contribution >= 0.6 is 11.6 Å². The molecule has 6 heteroatoms. The zero-order valence-corrected chi connectivity index (χ0v) is 17.5. The molecule has 1 aromatic heterocycles. The molecule has 4 nitrogen and oxygen atoms in total. The molecule has 2 heterocycles. The topological polar surface area (TPSA) is 41.0 Å². The number of piperidine rings is 1. The van der Waals surface area contributed by atoms with Crippen molar-refractivity contribution in [2.45, 2.75) is 39.8 Å². The molecule has 0 radical (unpaired) electrons. The van der Waals surface area contributed by atoms with E-state index in [2.05, 4.69) is 41.2 Å². The standard InChI is InChI=1S/C22H28ClFN4/c1-22(2,3)8-9-28-12-17-18(13-28)21(17)25-11-15-5-7-20(27-26-15)16-10-14(24)4-6-19(16)23/h4-7,10,17-18,21,25H,8-9,11-13H2,1-3H3. The van der Waals surface area contributed by atoms with Crippen LogP contribution in [0.3, 0.4) is 0 Å². The Morgan fingerprint density at radius 1 is 1.14 bits per heavy atom. The molecule has 1 saturated carbocycles. The Hall–Kier alpha value is -1.56. The highest BCUT2D eigenvalue weighted by Gasteiger charge is 2.55. The molecule has 0 amide bonds. The van der Waals surface area contributed by atoms with E-state index in [1.165, 1.54) is 38.2 Å². The fourth-order valence-corrected chi connectivity index (χ4v) is 4.32. The van der Waals surface area contributed by atoms with Crippen molar-refractivity contribution in [3.05, 3.63) is 46.9 Å². The predicted octanol–water partition coefficient (Wildman–Crippen LogP) is 4.39. The summed E-state index contributed by atoms with van der Waals surface area (Å²) in [6.45, 7) is 11.3. The van der Waals surface area contributed by atoms with Crippen LogP contribution in [0.5, 0.6) is 0 Å². The van der Waals surface area contributed by atoms with Crippen LogP contribution in [0.2, 0.25) is 5.02 Å². The number of rotatable bonds is 6. The third-order valence-electron chi connectivity index (χ3n) is 5.89. The Morgan fingerprint density at radius 2 is 1.89 bits per heavy atom. The van der Waals surface area contributed by atoms with Crippen LogP contribution in [0, 0.1) is 23.1 Å². The second-order valence-corrected chi connectivity index (χ2v) is 9.75. The maximum Gasteiger partial charge on any atom is 0.123 e. The summed E-state index contributed by atoms with van der Waals surface area (Å²) in [6.07, 6.45) is 1.25.